The standard InChI is InChI=1S/C6H12NO6P/c1-7(14(12)13)4(6(10)11)2-3-5(8)9/h4,14H,2-3H2,1H3,(H,8,9)(H,10,11)(H,12,13)/t4-/m0/s1. The van der Waals surface area contributed by atoms with Crippen molar-refractivity contribution in [2.24, 2.45) is 0 Å². The SMILES string of the molecule is CN([C@@H](CCC(=O)O)C(=O)O)[PH](=O)O. The minimum Gasteiger partial charge on any atom is -0.481 e. The summed E-state index contributed by atoms with van der Waals surface area (Å²) in [6, 6.07) is -1.23. The topological polar surface area (TPSA) is 115 Å². The number of carboxylic acids is 2. The lowest BCUT2D eigenvalue weighted by Crippen LogP contribution is -2.34. The molecule has 0 aliphatic carbocycles. The summed E-state index contributed by atoms with van der Waals surface area (Å²) in [5.74, 6) is -2.44. The molecule has 2 atom stereocenters. The van der Waals surface area contributed by atoms with E-state index in [2.05, 4.69) is 0 Å². The van der Waals surface area contributed by atoms with Crippen LogP contribution in [-0.4, -0.2) is 44.8 Å². The fourth-order valence-electron chi connectivity index (χ4n) is 0.876. The molecular weight excluding hydrogens is 213 g/mol. The molecule has 0 amide bonds. The lowest BCUT2D eigenvalue weighted by molar-refractivity contribution is -0.142. The van der Waals surface area contributed by atoms with Crippen LogP contribution in [0.15, 0.2) is 0 Å². The Labute approximate surface area is 80.9 Å². The van der Waals surface area contributed by atoms with Crippen LogP contribution in [0.25, 0.3) is 0 Å². The number of aliphatic carboxylic acids is 2. The fourth-order valence-corrected chi connectivity index (χ4v) is 1.38. The summed E-state index contributed by atoms with van der Waals surface area (Å²) in [5, 5.41) is 17.0. The van der Waals surface area contributed by atoms with E-state index in [9.17, 15) is 14.2 Å². The average Bonchev–Trinajstić information content (AvgIpc) is 2.02. The van der Waals surface area contributed by atoms with Crippen molar-refractivity contribution in [1.82, 2.24) is 4.67 Å². The maximum Gasteiger partial charge on any atom is 0.321 e. The summed E-state index contributed by atoms with van der Waals surface area (Å²) in [6.07, 6.45) is -0.547. The Morgan fingerprint density at radius 1 is 1.43 bits per heavy atom. The predicted octanol–water partition coefficient (Wildman–Crippen LogP) is -0.382. The van der Waals surface area contributed by atoms with Crippen molar-refractivity contribution in [3.05, 3.63) is 0 Å². The van der Waals surface area contributed by atoms with Gasteiger partial charge in [0.25, 0.3) is 8.18 Å². The summed E-state index contributed by atoms with van der Waals surface area (Å²) < 4.78 is 11.4. The zero-order chi connectivity index (χ0) is 11.3. The minimum absolute atomic E-state index is 0.196. The van der Waals surface area contributed by atoms with E-state index in [-0.39, 0.29) is 12.8 Å². The quantitative estimate of drug-likeness (QED) is 0.527. The Morgan fingerprint density at radius 3 is 2.21 bits per heavy atom. The molecule has 0 aliphatic rings. The highest BCUT2D eigenvalue weighted by Crippen LogP contribution is 2.24. The van der Waals surface area contributed by atoms with Gasteiger partial charge in [-0.15, -0.1) is 0 Å². The summed E-state index contributed by atoms with van der Waals surface area (Å²) in [5.41, 5.74) is 0. The number of carboxylic acid groups (broad SMARTS) is 2. The van der Waals surface area contributed by atoms with Gasteiger partial charge >= 0.3 is 11.9 Å². The second-order valence-electron chi connectivity index (χ2n) is 2.68. The lowest BCUT2D eigenvalue weighted by atomic mass is 10.1. The molecule has 0 aromatic heterocycles. The predicted molar refractivity (Wildman–Crippen MR) is 47.3 cm³/mol. The molecule has 0 aliphatic heterocycles. The Balaban J connectivity index is 4.37. The van der Waals surface area contributed by atoms with Crippen molar-refractivity contribution in [1.29, 1.82) is 0 Å². The molecule has 0 fully saturated rings. The molecule has 0 heterocycles. The normalized spacial score (nSPS) is 15.1. The van der Waals surface area contributed by atoms with E-state index in [0.29, 0.717) is 0 Å². The van der Waals surface area contributed by atoms with Gasteiger partial charge in [0.15, 0.2) is 0 Å². The van der Waals surface area contributed by atoms with Gasteiger partial charge in [0.1, 0.15) is 6.04 Å². The molecule has 0 radical (unpaired) electrons. The van der Waals surface area contributed by atoms with Crippen LogP contribution in [0.4, 0.5) is 0 Å². The zero-order valence-electron chi connectivity index (χ0n) is 7.51. The molecule has 3 N–H and O–H groups in total. The van der Waals surface area contributed by atoms with E-state index < -0.39 is 26.2 Å². The Bertz CT molecular complexity index is 255. The molecule has 82 valence electrons. The molecule has 0 saturated carbocycles. The molecular formula is C6H12NO6P. The third-order valence-electron chi connectivity index (χ3n) is 1.69. The number of rotatable bonds is 6. The van der Waals surface area contributed by atoms with Crippen LogP contribution < -0.4 is 0 Å². The van der Waals surface area contributed by atoms with Crippen molar-refractivity contribution >= 4 is 20.1 Å². The number of hydrogen-bond donors (Lipinski definition) is 3. The summed E-state index contributed by atoms with van der Waals surface area (Å²) in [6.45, 7) is 0. The maximum absolute atomic E-state index is 10.6. The van der Waals surface area contributed by atoms with Crippen molar-refractivity contribution < 1.29 is 29.3 Å². The van der Waals surface area contributed by atoms with Gasteiger partial charge in [-0.2, -0.15) is 0 Å². The van der Waals surface area contributed by atoms with Crippen LogP contribution in [0.1, 0.15) is 12.8 Å². The van der Waals surface area contributed by atoms with Crippen molar-refractivity contribution in [2.75, 3.05) is 7.05 Å². The number of carbonyl (C=O) groups is 2. The molecule has 0 saturated heterocycles. The molecule has 7 nitrogen and oxygen atoms in total. The van der Waals surface area contributed by atoms with Crippen molar-refractivity contribution in [3.8, 4) is 0 Å². The molecule has 14 heavy (non-hydrogen) atoms. The highest BCUT2D eigenvalue weighted by atomic mass is 31.1. The van der Waals surface area contributed by atoms with Gasteiger partial charge in [0.2, 0.25) is 0 Å². The van der Waals surface area contributed by atoms with Crippen LogP contribution in [0.3, 0.4) is 0 Å². The zero-order valence-corrected chi connectivity index (χ0v) is 8.51. The van der Waals surface area contributed by atoms with E-state index in [1.54, 1.807) is 0 Å². The molecule has 0 bridgehead atoms. The Morgan fingerprint density at radius 2 is 1.93 bits per heavy atom. The van der Waals surface area contributed by atoms with E-state index in [1.165, 1.54) is 7.05 Å². The van der Waals surface area contributed by atoms with E-state index in [0.717, 1.165) is 4.67 Å². The van der Waals surface area contributed by atoms with Crippen LogP contribution in [0.2, 0.25) is 0 Å². The fraction of sp³-hybridized carbons (Fsp3) is 0.667. The average molecular weight is 225 g/mol. The van der Waals surface area contributed by atoms with Gasteiger partial charge in [-0.25, -0.2) is 4.67 Å². The summed E-state index contributed by atoms with van der Waals surface area (Å²) in [4.78, 5) is 29.4. The second-order valence-corrected chi connectivity index (χ2v) is 3.95. The van der Waals surface area contributed by atoms with Gasteiger partial charge < -0.3 is 15.1 Å². The molecule has 0 aromatic rings. The number of likely N-dealkylation sites (N-methyl/N-ethyl adjacent to an activating group) is 1. The lowest BCUT2D eigenvalue weighted by Gasteiger charge is -2.20. The molecule has 8 heteroatoms. The minimum atomic E-state index is -3.09. The second kappa shape index (κ2) is 5.74. The van der Waals surface area contributed by atoms with Gasteiger partial charge in [-0.3, -0.25) is 14.2 Å². The first-order valence-corrected chi connectivity index (χ1v) is 5.07. The summed E-state index contributed by atoms with van der Waals surface area (Å²) >= 11 is 0. The van der Waals surface area contributed by atoms with E-state index in [1.807, 2.05) is 0 Å². The Kier molecular flexibility index (Phi) is 5.37. The highest BCUT2D eigenvalue weighted by molar-refractivity contribution is 7.35. The van der Waals surface area contributed by atoms with Gasteiger partial charge in [0.05, 0.1) is 0 Å². The molecule has 0 aromatic carbocycles. The monoisotopic (exact) mass is 225 g/mol. The maximum atomic E-state index is 10.6. The summed E-state index contributed by atoms with van der Waals surface area (Å²) in [7, 11) is -1.92. The molecule has 0 spiro atoms. The Hall–Kier alpha value is -0.910. The van der Waals surface area contributed by atoms with Crippen molar-refractivity contribution in [3.63, 3.8) is 0 Å². The smallest absolute Gasteiger partial charge is 0.321 e. The number of hydrogen-bond acceptors (Lipinski definition) is 3. The van der Waals surface area contributed by atoms with Crippen molar-refractivity contribution in [2.45, 2.75) is 18.9 Å². The third-order valence-corrected chi connectivity index (χ3v) is 2.60. The van der Waals surface area contributed by atoms with Gasteiger partial charge in [-0.05, 0) is 13.5 Å². The van der Waals surface area contributed by atoms with Crippen LogP contribution >= 0.6 is 8.18 Å². The van der Waals surface area contributed by atoms with Crippen LogP contribution in [0.5, 0.6) is 0 Å². The van der Waals surface area contributed by atoms with Crippen LogP contribution in [-0.2, 0) is 14.2 Å². The molecule has 1 unspecified atom stereocenters. The van der Waals surface area contributed by atoms with Gasteiger partial charge in [-0.1, -0.05) is 0 Å². The largest absolute Gasteiger partial charge is 0.481 e. The number of nitrogens with zero attached hydrogens (tertiary/aromatic N) is 1. The first-order valence-electron chi connectivity index (χ1n) is 3.76. The third kappa shape index (κ3) is 4.36. The van der Waals surface area contributed by atoms with Crippen LogP contribution in [0, 0.1) is 0 Å². The van der Waals surface area contributed by atoms with E-state index in [4.69, 9.17) is 15.1 Å². The first-order chi connectivity index (χ1) is 6.36. The van der Waals surface area contributed by atoms with Gasteiger partial charge in [0, 0.05) is 6.42 Å². The van der Waals surface area contributed by atoms with E-state index >= 15 is 0 Å². The molecule has 0 rings (SSSR count). The highest BCUT2D eigenvalue weighted by Gasteiger charge is 2.25. The first kappa shape index (κ1) is 13.1.